The Kier molecular flexibility index (Phi) is 2.03. The van der Waals surface area contributed by atoms with Gasteiger partial charge in [0.1, 0.15) is 6.07 Å². The number of fused-ring (bicyclic) bond motifs is 1. The Balaban J connectivity index is 2.43. The molecule has 1 aromatic rings. The SMILES string of the molecule is N#Cc1nn(CCO)c2c1CCC2. The van der Waals surface area contributed by atoms with Gasteiger partial charge in [-0.15, -0.1) is 0 Å². The van der Waals surface area contributed by atoms with E-state index in [4.69, 9.17) is 10.4 Å². The van der Waals surface area contributed by atoms with Gasteiger partial charge in [-0.1, -0.05) is 0 Å². The molecule has 4 nitrogen and oxygen atoms in total. The maximum Gasteiger partial charge on any atom is 0.165 e. The van der Waals surface area contributed by atoms with Crippen LogP contribution in [0.5, 0.6) is 0 Å². The Morgan fingerprint density at radius 1 is 1.54 bits per heavy atom. The van der Waals surface area contributed by atoms with Crippen molar-refractivity contribution >= 4 is 0 Å². The van der Waals surface area contributed by atoms with Gasteiger partial charge in [0, 0.05) is 11.3 Å². The maximum atomic E-state index is 8.79. The van der Waals surface area contributed by atoms with Crippen molar-refractivity contribution in [2.75, 3.05) is 6.61 Å². The first-order valence-corrected chi connectivity index (χ1v) is 4.46. The smallest absolute Gasteiger partial charge is 0.165 e. The third-order valence-electron chi connectivity index (χ3n) is 2.42. The Hall–Kier alpha value is -1.34. The summed E-state index contributed by atoms with van der Waals surface area (Å²) in [5.41, 5.74) is 2.78. The molecule has 1 heterocycles. The highest BCUT2D eigenvalue weighted by atomic mass is 16.3. The van der Waals surface area contributed by atoms with E-state index in [1.165, 1.54) is 0 Å². The minimum absolute atomic E-state index is 0.0823. The highest BCUT2D eigenvalue weighted by molar-refractivity contribution is 5.37. The molecule has 1 N–H and O–H groups in total. The molecule has 0 unspecified atom stereocenters. The Morgan fingerprint density at radius 3 is 3.08 bits per heavy atom. The average molecular weight is 177 g/mol. The average Bonchev–Trinajstić information content (AvgIpc) is 2.68. The van der Waals surface area contributed by atoms with E-state index in [0.29, 0.717) is 12.2 Å². The molecule has 0 aliphatic heterocycles. The second-order valence-electron chi connectivity index (χ2n) is 3.19. The van der Waals surface area contributed by atoms with E-state index in [2.05, 4.69) is 11.2 Å². The van der Waals surface area contributed by atoms with Gasteiger partial charge >= 0.3 is 0 Å². The van der Waals surface area contributed by atoms with Crippen molar-refractivity contribution in [2.24, 2.45) is 0 Å². The largest absolute Gasteiger partial charge is 0.394 e. The van der Waals surface area contributed by atoms with Crippen LogP contribution >= 0.6 is 0 Å². The zero-order chi connectivity index (χ0) is 9.26. The lowest BCUT2D eigenvalue weighted by Crippen LogP contribution is -2.07. The van der Waals surface area contributed by atoms with Crippen molar-refractivity contribution in [1.82, 2.24) is 9.78 Å². The van der Waals surface area contributed by atoms with Gasteiger partial charge in [-0.25, -0.2) is 0 Å². The van der Waals surface area contributed by atoms with E-state index in [-0.39, 0.29) is 6.61 Å². The quantitative estimate of drug-likeness (QED) is 0.703. The van der Waals surface area contributed by atoms with Crippen LogP contribution in [0, 0.1) is 11.3 Å². The number of aromatic nitrogens is 2. The summed E-state index contributed by atoms with van der Waals surface area (Å²) >= 11 is 0. The van der Waals surface area contributed by atoms with Gasteiger partial charge in [0.25, 0.3) is 0 Å². The first-order valence-electron chi connectivity index (χ1n) is 4.46. The molecule has 0 spiro atoms. The normalized spacial score (nSPS) is 14.2. The predicted molar refractivity (Wildman–Crippen MR) is 46.1 cm³/mol. The van der Waals surface area contributed by atoms with E-state index in [9.17, 15) is 0 Å². The second kappa shape index (κ2) is 3.19. The van der Waals surface area contributed by atoms with Gasteiger partial charge < -0.3 is 5.11 Å². The number of nitriles is 1. The Bertz CT molecular complexity index is 362. The molecular weight excluding hydrogens is 166 g/mol. The molecule has 0 saturated carbocycles. The molecule has 0 amide bonds. The first-order chi connectivity index (χ1) is 6.36. The van der Waals surface area contributed by atoms with Crippen LogP contribution in [0.1, 0.15) is 23.4 Å². The van der Waals surface area contributed by atoms with Crippen LogP contribution in [0.4, 0.5) is 0 Å². The van der Waals surface area contributed by atoms with E-state index in [1.54, 1.807) is 4.68 Å². The molecule has 0 saturated heterocycles. The fraction of sp³-hybridized carbons (Fsp3) is 0.556. The molecule has 1 aliphatic carbocycles. The fourth-order valence-corrected chi connectivity index (χ4v) is 1.88. The Labute approximate surface area is 76.4 Å². The topological polar surface area (TPSA) is 61.8 Å². The van der Waals surface area contributed by atoms with Crippen molar-refractivity contribution in [1.29, 1.82) is 5.26 Å². The monoisotopic (exact) mass is 177 g/mol. The van der Waals surface area contributed by atoms with Gasteiger partial charge in [-0.05, 0) is 19.3 Å². The number of aliphatic hydroxyl groups excluding tert-OH is 1. The Morgan fingerprint density at radius 2 is 2.38 bits per heavy atom. The van der Waals surface area contributed by atoms with Crippen molar-refractivity contribution in [3.8, 4) is 6.07 Å². The third-order valence-corrected chi connectivity index (χ3v) is 2.42. The van der Waals surface area contributed by atoms with Crippen molar-refractivity contribution in [3.63, 3.8) is 0 Å². The second-order valence-corrected chi connectivity index (χ2v) is 3.19. The van der Waals surface area contributed by atoms with E-state index < -0.39 is 0 Å². The summed E-state index contributed by atoms with van der Waals surface area (Å²) in [7, 11) is 0. The highest BCUT2D eigenvalue weighted by Gasteiger charge is 2.21. The molecule has 13 heavy (non-hydrogen) atoms. The van der Waals surface area contributed by atoms with E-state index in [0.717, 1.165) is 30.5 Å². The van der Waals surface area contributed by atoms with Gasteiger partial charge in [0.15, 0.2) is 5.69 Å². The maximum absolute atomic E-state index is 8.79. The van der Waals surface area contributed by atoms with Gasteiger partial charge in [0.05, 0.1) is 13.2 Å². The predicted octanol–water partition coefficient (Wildman–Crippen LogP) is 0.236. The van der Waals surface area contributed by atoms with Crippen LogP contribution in [0.25, 0.3) is 0 Å². The number of hydrogen-bond donors (Lipinski definition) is 1. The molecule has 1 aromatic heterocycles. The lowest BCUT2D eigenvalue weighted by atomic mass is 10.2. The summed E-state index contributed by atoms with van der Waals surface area (Å²) in [5, 5.41) is 21.7. The molecule has 0 radical (unpaired) electrons. The van der Waals surface area contributed by atoms with Crippen molar-refractivity contribution < 1.29 is 5.11 Å². The molecule has 4 heteroatoms. The molecule has 0 fully saturated rings. The minimum atomic E-state index is 0.0823. The minimum Gasteiger partial charge on any atom is -0.394 e. The van der Waals surface area contributed by atoms with Crippen LogP contribution in [0.3, 0.4) is 0 Å². The van der Waals surface area contributed by atoms with Crippen LogP contribution in [-0.4, -0.2) is 21.5 Å². The molecular formula is C9H11N3O. The summed E-state index contributed by atoms with van der Waals surface area (Å²) in [4.78, 5) is 0. The van der Waals surface area contributed by atoms with Crippen molar-refractivity contribution in [2.45, 2.75) is 25.8 Å². The molecule has 1 aliphatic rings. The number of nitrogens with zero attached hydrogens (tertiary/aromatic N) is 3. The van der Waals surface area contributed by atoms with Crippen molar-refractivity contribution in [3.05, 3.63) is 17.0 Å². The lowest BCUT2D eigenvalue weighted by Gasteiger charge is -2.00. The van der Waals surface area contributed by atoms with Crippen LogP contribution < -0.4 is 0 Å². The fourth-order valence-electron chi connectivity index (χ4n) is 1.88. The van der Waals surface area contributed by atoms with Gasteiger partial charge in [-0.3, -0.25) is 4.68 Å². The molecule has 0 atom stereocenters. The molecule has 0 aromatic carbocycles. The zero-order valence-electron chi connectivity index (χ0n) is 7.32. The molecule has 2 rings (SSSR count). The summed E-state index contributed by atoms with van der Waals surface area (Å²) in [6, 6.07) is 2.09. The standard InChI is InChI=1S/C9H11N3O/c10-6-8-7-2-1-3-9(7)12(11-8)4-5-13/h13H,1-5H2. The number of aliphatic hydroxyl groups is 1. The number of rotatable bonds is 2. The zero-order valence-corrected chi connectivity index (χ0v) is 7.32. The van der Waals surface area contributed by atoms with Crippen LogP contribution in [-0.2, 0) is 19.4 Å². The molecule has 0 bridgehead atoms. The lowest BCUT2D eigenvalue weighted by molar-refractivity contribution is 0.267. The van der Waals surface area contributed by atoms with Gasteiger partial charge in [0.2, 0.25) is 0 Å². The first kappa shape index (κ1) is 8.27. The van der Waals surface area contributed by atoms with E-state index in [1.807, 2.05) is 0 Å². The summed E-state index contributed by atoms with van der Waals surface area (Å²) in [6.07, 6.45) is 3.06. The highest BCUT2D eigenvalue weighted by Crippen LogP contribution is 2.24. The summed E-state index contributed by atoms with van der Waals surface area (Å²) in [5.74, 6) is 0. The summed E-state index contributed by atoms with van der Waals surface area (Å²) in [6.45, 7) is 0.586. The van der Waals surface area contributed by atoms with Crippen LogP contribution in [0.15, 0.2) is 0 Å². The third kappa shape index (κ3) is 1.21. The van der Waals surface area contributed by atoms with Crippen LogP contribution in [0.2, 0.25) is 0 Å². The molecule has 68 valence electrons. The van der Waals surface area contributed by atoms with E-state index >= 15 is 0 Å². The summed E-state index contributed by atoms with van der Waals surface area (Å²) < 4.78 is 1.76. The number of hydrogen-bond acceptors (Lipinski definition) is 3. The van der Waals surface area contributed by atoms with Gasteiger partial charge in [-0.2, -0.15) is 10.4 Å².